The van der Waals surface area contributed by atoms with Gasteiger partial charge in [0.15, 0.2) is 0 Å². The van der Waals surface area contributed by atoms with Gasteiger partial charge in [-0.1, -0.05) is 0 Å². The fourth-order valence-electron chi connectivity index (χ4n) is 3.04. The van der Waals surface area contributed by atoms with Gasteiger partial charge in [-0.15, -0.1) is 0 Å². The van der Waals surface area contributed by atoms with Crippen molar-refractivity contribution in [2.45, 2.75) is 19.3 Å². The quantitative estimate of drug-likeness (QED) is 0.803. The number of anilines is 1. The highest BCUT2D eigenvalue weighted by Gasteiger charge is 2.22. The fourth-order valence-corrected chi connectivity index (χ4v) is 3.04. The van der Waals surface area contributed by atoms with E-state index >= 15 is 0 Å². The topological polar surface area (TPSA) is 64.9 Å². The Labute approximate surface area is 140 Å². The van der Waals surface area contributed by atoms with Crippen molar-refractivity contribution < 1.29 is 4.74 Å². The van der Waals surface area contributed by atoms with Crippen molar-refractivity contribution in [1.82, 2.24) is 19.7 Å². The van der Waals surface area contributed by atoms with Gasteiger partial charge in [-0.05, 0) is 43.5 Å². The maximum Gasteiger partial charge on any atom is 0.133 e. The van der Waals surface area contributed by atoms with E-state index in [0.717, 1.165) is 54.4 Å². The van der Waals surface area contributed by atoms with Crippen LogP contribution in [0.3, 0.4) is 0 Å². The van der Waals surface area contributed by atoms with E-state index in [0.29, 0.717) is 0 Å². The van der Waals surface area contributed by atoms with Gasteiger partial charge in [-0.3, -0.25) is 9.97 Å². The van der Waals surface area contributed by atoms with Crippen molar-refractivity contribution in [2.24, 2.45) is 0 Å². The average Bonchev–Trinajstić information content (AvgIpc) is 2.84. The molecule has 0 saturated heterocycles. The molecule has 0 radical (unpaired) electrons. The zero-order valence-corrected chi connectivity index (χ0v) is 13.6. The van der Waals surface area contributed by atoms with Crippen LogP contribution in [0.2, 0.25) is 0 Å². The smallest absolute Gasteiger partial charge is 0.133 e. The summed E-state index contributed by atoms with van der Waals surface area (Å²) < 4.78 is 7.21. The summed E-state index contributed by atoms with van der Waals surface area (Å²) in [5.41, 5.74) is 3.92. The molecule has 2 aromatic heterocycles. The number of nitrogens with zero attached hydrogens (tertiary/aromatic N) is 4. The van der Waals surface area contributed by atoms with Gasteiger partial charge in [0.1, 0.15) is 23.0 Å². The first kappa shape index (κ1) is 14.7. The molecule has 0 fully saturated rings. The van der Waals surface area contributed by atoms with E-state index in [1.54, 1.807) is 25.7 Å². The number of fused-ring (bicyclic) bond motifs is 1. The van der Waals surface area contributed by atoms with Gasteiger partial charge in [0.2, 0.25) is 0 Å². The zero-order valence-electron chi connectivity index (χ0n) is 13.6. The fraction of sp³-hybridized carbons (Fsp3) is 0.278. The van der Waals surface area contributed by atoms with E-state index in [-0.39, 0.29) is 0 Å². The number of hydrogen-bond acceptors (Lipinski definition) is 5. The molecule has 0 spiro atoms. The summed E-state index contributed by atoms with van der Waals surface area (Å²) in [5.74, 6) is 1.89. The Morgan fingerprint density at radius 3 is 2.75 bits per heavy atom. The third kappa shape index (κ3) is 2.60. The van der Waals surface area contributed by atoms with E-state index in [2.05, 4.69) is 15.3 Å². The number of methoxy groups -OCH3 is 1. The minimum absolute atomic E-state index is 0.810. The average molecular weight is 321 g/mol. The molecule has 6 nitrogen and oxygen atoms in total. The van der Waals surface area contributed by atoms with E-state index in [1.807, 2.05) is 28.9 Å². The Morgan fingerprint density at radius 1 is 1.12 bits per heavy atom. The van der Waals surface area contributed by atoms with Crippen molar-refractivity contribution in [1.29, 1.82) is 0 Å². The molecule has 3 aromatic rings. The highest BCUT2D eigenvalue weighted by Crippen LogP contribution is 2.33. The van der Waals surface area contributed by atoms with Crippen LogP contribution in [0.1, 0.15) is 18.4 Å². The summed E-state index contributed by atoms with van der Waals surface area (Å²) in [6, 6.07) is 7.92. The molecule has 6 heteroatoms. The second-order valence-electron chi connectivity index (χ2n) is 5.76. The predicted molar refractivity (Wildman–Crippen MR) is 92.6 cm³/mol. The molecule has 0 bridgehead atoms. The Balaban J connectivity index is 1.86. The van der Waals surface area contributed by atoms with E-state index in [1.165, 1.54) is 5.56 Å². The highest BCUT2D eigenvalue weighted by molar-refractivity contribution is 5.68. The lowest BCUT2D eigenvalue weighted by Gasteiger charge is -2.09. The first-order chi connectivity index (χ1) is 11.9. The third-order valence-corrected chi connectivity index (χ3v) is 4.25. The normalized spacial score (nSPS) is 13.7. The zero-order chi connectivity index (χ0) is 16.4. The second kappa shape index (κ2) is 6.31. The SMILES string of the molecule is COc1ccc(-n2nc(-c3cnccn3)c3c2NCCCC3)cc1. The molecule has 0 unspecified atom stereocenters. The molecule has 0 amide bonds. The van der Waals surface area contributed by atoms with E-state index in [9.17, 15) is 0 Å². The van der Waals surface area contributed by atoms with Crippen LogP contribution in [-0.4, -0.2) is 33.4 Å². The van der Waals surface area contributed by atoms with Gasteiger partial charge < -0.3 is 10.1 Å². The molecule has 3 heterocycles. The van der Waals surface area contributed by atoms with Crippen molar-refractivity contribution in [3.63, 3.8) is 0 Å². The standard InChI is InChI=1S/C18H19N5O/c1-24-14-7-5-13(6-8-14)23-18-15(4-2-3-9-21-18)17(22-23)16-12-19-10-11-20-16/h5-8,10-12,21H,2-4,9H2,1H3. The summed E-state index contributed by atoms with van der Waals surface area (Å²) in [7, 11) is 1.67. The Morgan fingerprint density at radius 2 is 2.00 bits per heavy atom. The molecule has 1 N–H and O–H groups in total. The van der Waals surface area contributed by atoms with E-state index in [4.69, 9.17) is 9.84 Å². The number of rotatable bonds is 3. The monoisotopic (exact) mass is 321 g/mol. The van der Waals surface area contributed by atoms with Crippen LogP contribution in [0, 0.1) is 0 Å². The number of nitrogens with one attached hydrogen (secondary N) is 1. The largest absolute Gasteiger partial charge is 0.497 e. The number of ether oxygens (including phenoxy) is 1. The summed E-state index contributed by atoms with van der Waals surface area (Å²) in [5, 5.41) is 8.37. The van der Waals surface area contributed by atoms with Gasteiger partial charge in [-0.25, -0.2) is 4.68 Å². The molecule has 4 rings (SSSR count). The Hall–Kier alpha value is -2.89. The lowest BCUT2D eigenvalue weighted by Crippen LogP contribution is -2.07. The summed E-state index contributed by atoms with van der Waals surface area (Å²) in [4.78, 5) is 8.63. The van der Waals surface area contributed by atoms with Crippen LogP contribution in [0.25, 0.3) is 17.1 Å². The molecule has 0 atom stereocenters. The van der Waals surface area contributed by atoms with Gasteiger partial charge in [0.05, 0.1) is 19.0 Å². The molecular formula is C18H19N5O. The number of hydrogen-bond donors (Lipinski definition) is 1. The van der Waals surface area contributed by atoms with Crippen molar-refractivity contribution >= 4 is 5.82 Å². The lowest BCUT2D eigenvalue weighted by molar-refractivity contribution is 0.414. The highest BCUT2D eigenvalue weighted by atomic mass is 16.5. The van der Waals surface area contributed by atoms with Crippen molar-refractivity contribution in [2.75, 3.05) is 19.0 Å². The molecule has 0 saturated carbocycles. The van der Waals surface area contributed by atoms with Gasteiger partial charge in [0, 0.05) is 24.5 Å². The van der Waals surface area contributed by atoms with Crippen LogP contribution >= 0.6 is 0 Å². The lowest BCUT2D eigenvalue weighted by atomic mass is 10.1. The van der Waals surface area contributed by atoms with Crippen molar-refractivity contribution in [3.05, 3.63) is 48.4 Å². The minimum Gasteiger partial charge on any atom is -0.497 e. The van der Waals surface area contributed by atoms with E-state index < -0.39 is 0 Å². The van der Waals surface area contributed by atoms with Crippen LogP contribution in [0.5, 0.6) is 5.75 Å². The summed E-state index contributed by atoms with van der Waals surface area (Å²) >= 11 is 0. The first-order valence-electron chi connectivity index (χ1n) is 8.13. The maximum atomic E-state index is 5.25. The predicted octanol–water partition coefficient (Wildman–Crippen LogP) is 3.09. The van der Waals surface area contributed by atoms with Gasteiger partial charge in [-0.2, -0.15) is 5.10 Å². The van der Waals surface area contributed by atoms with Crippen molar-refractivity contribution in [3.8, 4) is 22.8 Å². The molecule has 1 aromatic carbocycles. The summed E-state index contributed by atoms with van der Waals surface area (Å²) in [6.07, 6.45) is 8.44. The molecule has 0 aliphatic carbocycles. The molecular weight excluding hydrogens is 302 g/mol. The Bertz CT molecular complexity index is 827. The molecule has 1 aliphatic rings. The molecule has 122 valence electrons. The molecule has 1 aliphatic heterocycles. The van der Waals surface area contributed by atoms with Crippen LogP contribution in [0.15, 0.2) is 42.9 Å². The molecule has 24 heavy (non-hydrogen) atoms. The van der Waals surface area contributed by atoms with Crippen LogP contribution in [0.4, 0.5) is 5.82 Å². The maximum absolute atomic E-state index is 5.25. The first-order valence-corrected chi connectivity index (χ1v) is 8.13. The summed E-state index contributed by atoms with van der Waals surface area (Å²) in [6.45, 7) is 0.953. The third-order valence-electron chi connectivity index (χ3n) is 4.25. The second-order valence-corrected chi connectivity index (χ2v) is 5.76. The van der Waals surface area contributed by atoms with Crippen LogP contribution < -0.4 is 10.1 Å². The van der Waals surface area contributed by atoms with Gasteiger partial charge in [0.25, 0.3) is 0 Å². The van der Waals surface area contributed by atoms with Gasteiger partial charge >= 0.3 is 0 Å². The minimum atomic E-state index is 0.810. The Kier molecular flexibility index (Phi) is 3.86. The number of benzene rings is 1. The van der Waals surface area contributed by atoms with Crippen LogP contribution in [-0.2, 0) is 6.42 Å². The number of aromatic nitrogens is 4.